The quantitative estimate of drug-likeness (QED) is 0.480. The van der Waals surface area contributed by atoms with Crippen molar-refractivity contribution in [3.63, 3.8) is 0 Å². The molecule has 146 valence electrons. The maximum absolute atomic E-state index is 12.5. The molecule has 1 atom stereocenters. The van der Waals surface area contributed by atoms with Crippen LogP contribution >= 0.6 is 0 Å². The van der Waals surface area contributed by atoms with Gasteiger partial charge in [-0.1, -0.05) is 19.4 Å². The standard InChI is InChI=1S/C20H26N2O5/c1-5-7-9-14-16(19(24)27-4)17(22-20(25)21-14)13-10-12(8-6-2)18(23)15(11-13)26-3/h6,10-11,17,23H,2,5,7-9H2,1,3-4H3,(H2,21,22,25). The number of aromatic hydroxyl groups is 1. The minimum absolute atomic E-state index is 0.0104. The molecule has 0 spiro atoms. The lowest BCUT2D eigenvalue weighted by atomic mass is 9.91. The van der Waals surface area contributed by atoms with Crippen LogP contribution in [-0.2, 0) is 16.0 Å². The van der Waals surface area contributed by atoms with Crippen molar-refractivity contribution in [3.05, 3.63) is 47.2 Å². The molecule has 0 bridgehead atoms. The Labute approximate surface area is 159 Å². The van der Waals surface area contributed by atoms with Crippen LogP contribution in [0.3, 0.4) is 0 Å². The lowest BCUT2D eigenvalue weighted by molar-refractivity contribution is -0.136. The molecule has 1 aromatic carbocycles. The fraction of sp³-hybridized carbons (Fsp3) is 0.400. The van der Waals surface area contributed by atoms with Gasteiger partial charge in [-0.05, 0) is 37.0 Å². The molecule has 1 heterocycles. The highest BCUT2D eigenvalue weighted by Crippen LogP contribution is 2.37. The maximum atomic E-state index is 12.5. The van der Waals surface area contributed by atoms with Crippen LogP contribution in [0.1, 0.15) is 43.4 Å². The van der Waals surface area contributed by atoms with Gasteiger partial charge in [-0.2, -0.15) is 0 Å². The first kappa shape index (κ1) is 20.4. The fourth-order valence-electron chi connectivity index (χ4n) is 3.09. The Morgan fingerprint density at radius 2 is 2.11 bits per heavy atom. The zero-order chi connectivity index (χ0) is 20.0. The van der Waals surface area contributed by atoms with Crippen LogP contribution in [-0.4, -0.2) is 31.3 Å². The molecule has 0 aliphatic carbocycles. The van der Waals surface area contributed by atoms with Crippen molar-refractivity contribution in [1.82, 2.24) is 10.6 Å². The molecule has 0 saturated carbocycles. The minimum Gasteiger partial charge on any atom is -0.504 e. The summed E-state index contributed by atoms with van der Waals surface area (Å²) in [6.07, 6.45) is 4.36. The van der Waals surface area contributed by atoms with Crippen molar-refractivity contribution < 1.29 is 24.2 Å². The molecule has 0 saturated heterocycles. The number of nitrogens with one attached hydrogen (secondary N) is 2. The highest BCUT2D eigenvalue weighted by Gasteiger charge is 2.34. The average Bonchev–Trinajstić information content (AvgIpc) is 2.66. The summed E-state index contributed by atoms with van der Waals surface area (Å²) in [5.41, 5.74) is 2.11. The molecular formula is C20H26N2O5. The molecule has 1 aliphatic rings. The number of esters is 1. The van der Waals surface area contributed by atoms with Crippen molar-refractivity contribution in [2.45, 2.75) is 38.6 Å². The van der Waals surface area contributed by atoms with E-state index >= 15 is 0 Å². The number of phenolic OH excluding ortho intramolecular Hbond substituents is 1. The van der Waals surface area contributed by atoms with E-state index in [9.17, 15) is 14.7 Å². The van der Waals surface area contributed by atoms with E-state index in [2.05, 4.69) is 17.2 Å². The zero-order valence-corrected chi connectivity index (χ0v) is 15.9. The number of hydrogen-bond acceptors (Lipinski definition) is 5. The second-order valence-electron chi connectivity index (χ2n) is 6.24. The number of phenols is 1. The number of urea groups is 1. The van der Waals surface area contributed by atoms with Crippen molar-refractivity contribution in [3.8, 4) is 11.5 Å². The Bertz CT molecular complexity index is 770. The molecule has 0 aromatic heterocycles. The highest BCUT2D eigenvalue weighted by atomic mass is 16.5. The zero-order valence-electron chi connectivity index (χ0n) is 15.9. The molecule has 27 heavy (non-hydrogen) atoms. The van der Waals surface area contributed by atoms with Gasteiger partial charge in [0, 0.05) is 11.3 Å². The largest absolute Gasteiger partial charge is 0.504 e. The van der Waals surface area contributed by atoms with Gasteiger partial charge in [0.05, 0.1) is 25.8 Å². The minimum atomic E-state index is -0.712. The fourth-order valence-corrected chi connectivity index (χ4v) is 3.09. The topological polar surface area (TPSA) is 96.9 Å². The summed E-state index contributed by atoms with van der Waals surface area (Å²) in [5.74, 6) is -0.247. The molecule has 2 amide bonds. The molecule has 2 rings (SSSR count). The molecule has 1 aromatic rings. The smallest absolute Gasteiger partial charge is 0.337 e. The molecule has 1 aliphatic heterocycles. The lowest BCUT2D eigenvalue weighted by Crippen LogP contribution is -2.46. The number of amides is 2. The molecule has 7 heteroatoms. The Hall–Kier alpha value is -2.96. The summed E-state index contributed by atoms with van der Waals surface area (Å²) in [7, 11) is 2.75. The van der Waals surface area contributed by atoms with Crippen LogP contribution in [0.5, 0.6) is 11.5 Å². The number of rotatable bonds is 8. The first-order chi connectivity index (χ1) is 13.0. The average molecular weight is 374 g/mol. The van der Waals surface area contributed by atoms with Gasteiger partial charge >= 0.3 is 12.0 Å². The Balaban J connectivity index is 2.62. The van der Waals surface area contributed by atoms with Gasteiger partial charge in [0.25, 0.3) is 0 Å². The summed E-state index contributed by atoms with van der Waals surface area (Å²) in [6.45, 7) is 5.73. The van der Waals surface area contributed by atoms with E-state index in [0.717, 1.165) is 12.8 Å². The number of ether oxygens (including phenoxy) is 2. The molecule has 7 nitrogen and oxygen atoms in total. The number of hydrogen-bond donors (Lipinski definition) is 3. The third kappa shape index (κ3) is 4.42. The molecular weight excluding hydrogens is 348 g/mol. The summed E-state index contributed by atoms with van der Waals surface area (Å²) in [6, 6.07) is 2.24. The van der Waals surface area contributed by atoms with Gasteiger partial charge in [-0.3, -0.25) is 0 Å². The van der Waals surface area contributed by atoms with Crippen LogP contribution in [0.25, 0.3) is 0 Å². The van der Waals surface area contributed by atoms with Gasteiger partial charge in [-0.15, -0.1) is 6.58 Å². The van der Waals surface area contributed by atoms with E-state index in [1.54, 1.807) is 18.2 Å². The van der Waals surface area contributed by atoms with Crippen LogP contribution in [0.4, 0.5) is 4.79 Å². The Kier molecular flexibility index (Phi) is 6.87. The van der Waals surface area contributed by atoms with Gasteiger partial charge in [-0.25, -0.2) is 9.59 Å². The number of carbonyl (C=O) groups excluding carboxylic acids is 2. The van der Waals surface area contributed by atoms with Crippen molar-refractivity contribution in [1.29, 1.82) is 0 Å². The van der Waals surface area contributed by atoms with E-state index in [1.165, 1.54) is 14.2 Å². The third-order valence-electron chi connectivity index (χ3n) is 4.43. The molecule has 3 N–H and O–H groups in total. The summed E-state index contributed by atoms with van der Waals surface area (Å²) < 4.78 is 10.2. The number of carbonyl (C=O) groups is 2. The first-order valence-corrected chi connectivity index (χ1v) is 8.86. The lowest BCUT2D eigenvalue weighted by Gasteiger charge is -2.30. The first-order valence-electron chi connectivity index (χ1n) is 8.86. The van der Waals surface area contributed by atoms with E-state index in [-0.39, 0.29) is 11.5 Å². The van der Waals surface area contributed by atoms with Gasteiger partial charge in [0.15, 0.2) is 11.5 Å². The predicted octanol–water partition coefficient (Wildman–Crippen LogP) is 3.10. The molecule has 0 fully saturated rings. The van der Waals surface area contributed by atoms with Gasteiger partial charge < -0.3 is 25.2 Å². The van der Waals surface area contributed by atoms with Crippen LogP contribution < -0.4 is 15.4 Å². The summed E-state index contributed by atoms with van der Waals surface area (Å²) in [5, 5.41) is 15.8. The predicted molar refractivity (Wildman–Crippen MR) is 102 cm³/mol. The van der Waals surface area contributed by atoms with E-state index < -0.39 is 18.0 Å². The van der Waals surface area contributed by atoms with E-state index in [1.807, 2.05) is 6.92 Å². The summed E-state index contributed by atoms with van der Waals surface area (Å²) >= 11 is 0. The maximum Gasteiger partial charge on any atom is 0.337 e. The second kappa shape index (κ2) is 9.12. The Morgan fingerprint density at radius 3 is 2.70 bits per heavy atom. The Morgan fingerprint density at radius 1 is 1.37 bits per heavy atom. The van der Waals surface area contributed by atoms with E-state index in [4.69, 9.17) is 9.47 Å². The van der Waals surface area contributed by atoms with E-state index in [0.29, 0.717) is 35.2 Å². The highest BCUT2D eigenvalue weighted by molar-refractivity contribution is 5.95. The van der Waals surface area contributed by atoms with Crippen molar-refractivity contribution in [2.75, 3.05) is 14.2 Å². The van der Waals surface area contributed by atoms with Gasteiger partial charge in [0.2, 0.25) is 0 Å². The monoisotopic (exact) mass is 374 g/mol. The van der Waals surface area contributed by atoms with Crippen LogP contribution in [0.15, 0.2) is 36.1 Å². The molecule has 1 unspecified atom stereocenters. The number of allylic oxidation sites excluding steroid dienone is 2. The normalized spacial score (nSPS) is 16.4. The van der Waals surface area contributed by atoms with Crippen LogP contribution in [0, 0.1) is 0 Å². The number of methoxy groups -OCH3 is 2. The van der Waals surface area contributed by atoms with Crippen LogP contribution in [0.2, 0.25) is 0 Å². The second-order valence-corrected chi connectivity index (χ2v) is 6.24. The molecule has 0 radical (unpaired) electrons. The third-order valence-corrected chi connectivity index (χ3v) is 4.43. The van der Waals surface area contributed by atoms with Crippen molar-refractivity contribution >= 4 is 12.0 Å². The SMILES string of the molecule is C=CCc1cc(C2NC(=O)NC(CCCC)=C2C(=O)OC)cc(OC)c1O. The van der Waals surface area contributed by atoms with Crippen molar-refractivity contribution in [2.24, 2.45) is 0 Å². The van der Waals surface area contributed by atoms with Gasteiger partial charge in [0.1, 0.15) is 0 Å². The number of unbranched alkanes of at least 4 members (excludes halogenated alkanes) is 1. The number of benzene rings is 1. The summed E-state index contributed by atoms with van der Waals surface area (Å²) in [4.78, 5) is 24.7.